The van der Waals surface area contributed by atoms with Crippen molar-refractivity contribution in [2.45, 2.75) is 54.4 Å². The van der Waals surface area contributed by atoms with Crippen molar-refractivity contribution in [3.05, 3.63) is 35.4 Å². The van der Waals surface area contributed by atoms with Gasteiger partial charge in [-0.15, -0.1) is 0 Å². The average Bonchev–Trinajstić information content (AvgIpc) is 2.20. The van der Waals surface area contributed by atoms with Crippen LogP contribution >= 0.6 is 0 Å². The maximum absolute atomic E-state index is 2.23. The van der Waals surface area contributed by atoms with E-state index in [0.29, 0.717) is 0 Å². The molecule has 0 atom stereocenters. The van der Waals surface area contributed by atoms with Gasteiger partial charge in [-0.3, -0.25) is 0 Å². The van der Waals surface area contributed by atoms with E-state index in [1.165, 1.54) is 30.4 Å². The zero-order chi connectivity index (χ0) is 10.1. The van der Waals surface area contributed by atoms with Crippen molar-refractivity contribution in [2.24, 2.45) is 0 Å². The van der Waals surface area contributed by atoms with Crippen molar-refractivity contribution >= 4 is 0 Å². The smallest absolute Gasteiger partial charge is 0.0279 e. The van der Waals surface area contributed by atoms with Crippen LogP contribution in [0.15, 0.2) is 24.3 Å². The van der Waals surface area contributed by atoms with Crippen LogP contribution in [0.1, 0.15) is 52.2 Å². The Labute approximate surface area is 90.4 Å². The molecule has 0 nitrogen and oxygen atoms in total. The minimum atomic E-state index is 0. The Morgan fingerprint density at radius 2 is 1.50 bits per heavy atom. The van der Waals surface area contributed by atoms with Crippen molar-refractivity contribution in [1.82, 2.24) is 0 Å². The third kappa shape index (κ3) is 6.71. The van der Waals surface area contributed by atoms with Crippen LogP contribution in [-0.2, 0) is 6.42 Å². The summed E-state index contributed by atoms with van der Waals surface area (Å²) < 4.78 is 0. The van der Waals surface area contributed by atoms with Crippen molar-refractivity contribution in [3.8, 4) is 0 Å². The lowest BCUT2D eigenvalue weighted by Gasteiger charge is -1.99. The predicted molar refractivity (Wildman–Crippen MR) is 67.9 cm³/mol. The van der Waals surface area contributed by atoms with E-state index in [4.69, 9.17) is 0 Å². The average molecular weight is 194 g/mol. The van der Waals surface area contributed by atoms with E-state index in [0.717, 1.165) is 0 Å². The highest BCUT2D eigenvalue weighted by molar-refractivity contribution is 5.21. The molecule has 0 unspecified atom stereocenters. The molecule has 0 fully saturated rings. The molecular formula is C14H26. The molecule has 1 aromatic rings. The molecular weight excluding hydrogens is 168 g/mol. The zero-order valence-corrected chi connectivity index (χ0v) is 9.43. The van der Waals surface area contributed by atoms with E-state index in [9.17, 15) is 0 Å². The number of hydrogen-bond donors (Lipinski definition) is 0. The molecule has 0 aromatic heterocycles. The first kappa shape index (κ1) is 15.7. The summed E-state index contributed by atoms with van der Waals surface area (Å²) in [5.74, 6) is 0. The van der Waals surface area contributed by atoms with Crippen LogP contribution in [0.25, 0.3) is 0 Å². The Morgan fingerprint density at radius 3 is 1.93 bits per heavy atom. The van der Waals surface area contributed by atoms with E-state index in [-0.39, 0.29) is 7.43 Å². The Kier molecular flexibility index (Phi) is 11.5. The van der Waals surface area contributed by atoms with Crippen LogP contribution in [-0.4, -0.2) is 0 Å². The van der Waals surface area contributed by atoms with Gasteiger partial charge in [-0.25, -0.2) is 0 Å². The lowest BCUT2D eigenvalue weighted by Crippen LogP contribution is -1.83. The fourth-order valence-corrected chi connectivity index (χ4v) is 1.14. The summed E-state index contributed by atoms with van der Waals surface area (Å²) in [7, 11) is 0. The minimum absolute atomic E-state index is 0. The fraction of sp³-hybridized carbons (Fsp3) is 0.571. The molecule has 0 aliphatic rings. The molecule has 1 rings (SSSR count). The molecule has 82 valence electrons. The molecule has 0 aliphatic carbocycles. The largest absolute Gasteiger partial charge is 0.0776 e. The highest BCUT2D eigenvalue weighted by atomic mass is 14.0. The fourth-order valence-electron chi connectivity index (χ4n) is 1.14. The monoisotopic (exact) mass is 194 g/mol. The molecule has 0 aliphatic heterocycles. The SMILES string of the molecule is C.CC.CCCCc1ccc(C)cc1. The first-order valence-corrected chi connectivity index (χ1v) is 5.38. The predicted octanol–water partition coefficient (Wildman–Crippen LogP) is 5.00. The standard InChI is InChI=1S/C11H16.C2H6.CH4/c1-3-4-5-11-8-6-10(2)7-9-11;1-2;/h6-9H,3-5H2,1-2H3;1-2H3;1H4. The number of rotatable bonds is 3. The van der Waals surface area contributed by atoms with Gasteiger partial charge in [-0.1, -0.05) is 64.4 Å². The Balaban J connectivity index is 0. The molecule has 0 spiro atoms. The van der Waals surface area contributed by atoms with Crippen molar-refractivity contribution in [1.29, 1.82) is 0 Å². The lowest BCUT2D eigenvalue weighted by molar-refractivity contribution is 0.795. The second-order valence-corrected chi connectivity index (χ2v) is 3.09. The summed E-state index contributed by atoms with van der Waals surface area (Å²) in [6, 6.07) is 8.83. The van der Waals surface area contributed by atoms with Crippen molar-refractivity contribution in [2.75, 3.05) is 0 Å². The van der Waals surface area contributed by atoms with Gasteiger partial charge >= 0.3 is 0 Å². The third-order valence-electron chi connectivity index (χ3n) is 1.94. The summed E-state index contributed by atoms with van der Waals surface area (Å²) in [6.07, 6.45) is 3.83. The van der Waals surface area contributed by atoms with Crippen molar-refractivity contribution in [3.63, 3.8) is 0 Å². The lowest BCUT2D eigenvalue weighted by atomic mass is 10.1. The second kappa shape index (κ2) is 10.3. The normalized spacial score (nSPS) is 8.29. The van der Waals surface area contributed by atoms with Crippen LogP contribution < -0.4 is 0 Å². The molecule has 14 heavy (non-hydrogen) atoms. The van der Waals surface area contributed by atoms with Gasteiger partial charge in [0.1, 0.15) is 0 Å². The van der Waals surface area contributed by atoms with Crippen LogP contribution in [0, 0.1) is 6.92 Å². The zero-order valence-electron chi connectivity index (χ0n) is 9.43. The van der Waals surface area contributed by atoms with E-state index < -0.39 is 0 Å². The van der Waals surface area contributed by atoms with Crippen molar-refractivity contribution < 1.29 is 0 Å². The Hall–Kier alpha value is -0.780. The Bertz CT molecular complexity index is 196. The molecule has 0 radical (unpaired) electrons. The van der Waals surface area contributed by atoms with Gasteiger partial charge in [0, 0.05) is 0 Å². The van der Waals surface area contributed by atoms with E-state index >= 15 is 0 Å². The van der Waals surface area contributed by atoms with E-state index in [1.54, 1.807) is 0 Å². The summed E-state index contributed by atoms with van der Waals surface area (Å²) in [6.45, 7) is 8.36. The number of aryl methyl sites for hydroxylation is 2. The third-order valence-corrected chi connectivity index (χ3v) is 1.94. The summed E-state index contributed by atoms with van der Waals surface area (Å²) in [5.41, 5.74) is 2.82. The molecule has 0 saturated heterocycles. The molecule has 0 heterocycles. The number of hydrogen-bond acceptors (Lipinski definition) is 0. The van der Waals surface area contributed by atoms with Gasteiger partial charge in [0.05, 0.1) is 0 Å². The number of unbranched alkanes of at least 4 members (excludes halogenated alkanes) is 1. The highest BCUT2D eigenvalue weighted by Crippen LogP contribution is 2.06. The van der Waals surface area contributed by atoms with E-state index in [2.05, 4.69) is 38.1 Å². The van der Waals surface area contributed by atoms with Gasteiger partial charge < -0.3 is 0 Å². The first-order valence-electron chi connectivity index (χ1n) is 5.38. The van der Waals surface area contributed by atoms with Gasteiger partial charge in [0.2, 0.25) is 0 Å². The van der Waals surface area contributed by atoms with Gasteiger partial charge in [0.15, 0.2) is 0 Å². The molecule has 1 aromatic carbocycles. The maximum atomic E-state index is 2.23. The van der Waals surface area contributed by atoms with E-state index in [1.807, 2.05) is 13.8 Å². The molecule has 0 heteroatoms. The topological polar surface area (TPSA) is 0 Å². The number of benzene rings is 1. The second-order valence-electron chi connectivity index (χ2n) is 3.09. The summed E-state index contributed by atoms with van der Waals surface area (Å²) >= 11 is 0. The maximum Gasteiger partial charge on any atom is -0.0279 e. The van der Waals surface area contributed by atoms with Crippen LogP contribution in [0.4, 0.5) is 0 Å². The van der Waals surface area contributed by atoms with Crippen LogP contribution in [0.3, 0.4) is 0 Å². The summed E-state index contributed by atoms with van der Waals surface area (Å²) in [4.78, 5) is 0. The molecule has 0 saturated carbocycles. The molecule has 0 N–H and O–H groups in total. The summed E-state index contributed by atoms with van der Waals surface area (Å²) in [5, 5.41) is 0. The van der Waals surface area contributed by atoms with Gasteiger partial charge in [-0.2, -0.15) is 0 Å². The molecule has 0 amide bonds. The van der Waals surface area contributed by atoms with Gasteiger partial charge in [-0.05, 0) is 25.3 Å². The Morgan fingerprint density at radius 1 is 1.00 bits per heavy atom. The molecule has 0 bridgehead atoms. The first-order chi connectivity index (χ1) is 6.33. The van der Waals surface area contributed by atoms with Crippen LogP contribution in [0.2, 0.25) is 0 Å². The quantitative estimate of drug-likeness (QED) is 0.635. The minimum Gasteiger partial charge on any atom is -0.0776 e. The van der Waals surface area contributed by atoms with Gasteiger partial charge in [0.25, 0.3) is 0 Å². The van der Waals surface area contributed by atoms with Crippen LogP contribution in [0.5, 0.6) is 0 Å². The highest BCUT2D eigenvalue weighted by Gasteiger charge is 1.90.